The molecule has 1 unspecified atom stereocenters. The summed E-state index contributed by atoms with van der Waals surface area (Å²) in [5.41, 5.74) is 0. The van der Waals surface area contributed by atoms with Crippen LogP contribution in [0.15, 0.2) is 0 Å². The number of carbonyl (C=O) groups is 2. The Balaban J connectivity index is 4.00. The van der Waals surface area contributed by atoms with Crippen LogP contribution in [0.1, 0.15) is 239 Å². The van der Waals surface area contributed by atoms with E-state index < -0.39 is 5.97 Å². The first-order valence-corrected chi connectivity index (χ1v) is 20.0. The van der Waals surface area contributed by atoms with E-state index in [0.717, 1.165) is 64.2 Å². The van der Waals surface area contributed by atoms with Gasteiger partial charge in [-0.3, -0.25) is 9.59 Å². The fourth-order valence-corrected chi connectivity index (χ4v) is 6.36. The predicted octanol–water partition coefficient (Wildman–Crippen LogP) is 13.7. The first-order valence-electron chi connectivity index (χ1n) is 20.0. The smallest absolute Gasteiger partial charge is 0.306 e. The minimum Gasteiger partial charge on any atom is -0.481 e. The molecule has 44 heavy (non-hydrogen) atoms. The van der Waals surface area contributed by atoms with Gasteiger partial charge in [-0.25, -0.2) is 0 Å². The maximum absolute atomic E-state index is 12.6. The van der Waals surface area contributed by atoms with Crippen molar-refractivity contribution < 1.29 is 19.4 Å². The first kappa shape index (κ1) is 42.9. The van der Waals surface area contributed by atoms with Crippen LogP contribution in [-0.2, 0) is 14.3 Å². The molecule has 0 aliphatic heterocycles. The van der Waals surface area contributed by atoms with Crippen molar-refractivity contribution in [1.29, 1.82) is 0 Å². The summed E-state index contributed by atoms with van der Waals surface area (Å²) < 4.78 is 6.01. The van der Waals surface area contributed by atoms with E-state index in [-0.39, 0.29) is 18.5 Å². The van der Waals surface area contributed by atoms with E-state index in [2.05, 4.69) is 13.8 Å². The van der Waals surface area contributed by atoms with Crippen LogP contribution in [0.4, 0.5) is 0 Å². The van der Waals surface area contributed by atoms with Gasteiger partial charge < -0.3 is 9.84 Å². The zero-order valence-electron chi connectivity index (χ0n) is 30.0. The molecule has 0 aliphatic rings. The third-order valence-electron chi connectivity index (χ3n) is 9.33. The highest BCUT2D eigenvalue weighted by atomic mass is 16.5. The van der Waals surface area contributed by atoms with Crippen molar-refractivity contribution in [3.8, 4) is 0 Å². The van der Waals surface area contributed by atoms with Crippen LogP contribution in [0.3, 0.4) is 0 Å². The van der Waals surface area contributed by atoms with Crippen molar-refractivity contribution in [2.75, 3.05) is 0 Å². The van der Waals surface area contributed by atoms with Gasteiger partial charge in [-0.2, -0.15) is 0 Å². The predicted molar refractivity (Wildman–Crippen MR) is 190 cm³/mol. The van der Waals surface area contributed by atoms with Crippen LogP contribution in [0, 0.1) is 0 Å². The van der Waals surface area contributed by atoms with E-state index in [1.165, 1.54) is 148 Å². The molecule has 0 amide bonds. The van der Waals surface area contributed by atoms with Crippen molar-refractivity contribution in [2.45, 2.75) is 245 Å². The Hall–Kier alpha value is -1.06. The van der Waals surface area contributed by atoms with Crippen LogP contribution in [0.2, 0.25) is 0 Å². The van der Waals surface area contributed by atoms with Crippen molar-refractivity contribution >= 4 is 11.9 Å². The summed E-state index contributed by atoms with van der Waals surface area (Å²) in [6, 6.07) is 0. The number of hydrogen-bond acceptors (Lipinski definition) is 3. The topological polar surface area (TPSA) is 63.6 Å². The third kappa shape index (κ3) is 35.4. The van der Waals surface area contributed by atoms with Gasteiger partial charge >= 0.3 is 11.9 Å². The lowest BCUT2D eigenvalue weighted by Gasteiger charge is -2.18. The Kier molecular flexibility index (Phi) is 35.5. The van der Waals surface area contributed by atoms with E-state index in [0.29, 0.717) is 6.42 Å². The number of ether oxygens (including phenoxy) is 1. The standard InChI is InChI=1S/C40H78O4/c1-3-5-7-9-11-13-15-17-18-19-21-23-26-30-34-38(35-31-27-25-28-32-36-39(41)42)44-40(43)37-33-29-24-22-20-16-14-12-10-8-6-4-2/h38H,3-37H2,1-2H3,(H,41,42). The SMILES string of the molecule is CCCCCCCCCCCCCCCCC(CCCCCCCC(=O)O)OC(=O)CCCCCCCCCCCCCC. The highest BCUT2D eigenvalue weighted by molar-refractivity contribution is 5.69. The van der Waals surface area contributed by atoms with Gasteiger partial charge in [-0.1, -0.05) is 187 Å². The molecule has 0 radical (unpaired) electrons. The summed E-state index contributed by atoms with van der Waals surface area (Å²) >= 11 is 0. The van der Waals surface area contributed by atoms with Gasteiger partial charge in [-0.05, 0) is 38.5 Å². The molecule has 4 heteroatoms. The van der Waals surface area contributed by atoms with E-state index in [4.69, 9.17) is 9.84 Å². The number of aliphatic carboxylic acids is 1. The van der Waals surface area contributed by atoms with E-state index in [1.54, 1.807) is 0 Å². The van der Waals surface area contributed by atoms with Gasteiger partial charge in [0.2, 0.25) is 0 Å². The van der Waals surface area contributed by atoms with Crippen molar-refractivity contribution in [3.63, 3.8) is 0 Å². The fourth-order valence-electron chi connectivity index (χ4n) is 6.36. The zero-order chi connectivity index (χ0) is 32.2. The molecule has 0 aromatic carbocycles. The summed E-state index contributed by atoms with van der Waals surface area (Å²) in [5, 5.41) is 8.81. The van der Waals surface area contributed by atoms with Crippen LogP contribution in [0.25, 0.3) is 0 Å². The van der Waals surface area contributed by atoms with Crippen LogP contribution in [-0.4, -0.2) is 23.1 Å². The largest absolute Gasteiger partial charge is 0.481 e. The van der Waals surface area contributed by atoms with Crippen molar-refractivity contribution in [1.82, 2.24) is 0 Å². The molecular formula is C40H78O4. The number of esters is 1. The van der Waals surface area contributed by atoms with E-state index >= 15 is 0 Å². The summed E-state index contributed by atoms with van der Waals surface area (Å²) in [6.07, 6.45) is 42.6. The molecule has 0 saturated carbocycles. The maximum atomic E-state index is 12.6. The quantitative estimate of drug-likeness (QED) is 0.0553. The van der Waals surface area contributed by atoms with Crippen molar-refractivity contribution in [2.24, 2.45) is 0 Å². The number of carboxylic acids is 1. The Labute approximate surface area is 275 Å². The van der Waals surface area contributed by atoms with Gasteiger partial charge in [0.15, 0.2) is 0 Å². The lowest BCUT2D eigenvalue weighted by Crippen LogP contribution is -2.18. The Bertz CT molecular complexity index is 590. The fraction of sp³-hybridized carbons (Fsp3) is 0.950. The minimum absolute atomic E-state index is 0.00824. The van der Waals surface area contributed by atoms with Gasteiger partial charge in [0.1, 0.15) is 6.10 Å². The Morgan fingerprint density at radius 3 is 1.00 bits per heavy atom. The van der Waals surface area contributed by atoms with E-state index in [9.17, 15) is 9.59 Å². The average Bonchev–Trinajstić information content (AvgIpc) is 3.00. The molecule has 0 fully saturated rings. The molecule has 0 rings (SSSR count). The highest BCUT2D eigenvalue weighted by Gasteiger charge is 2.14. The lowest BCUT2D eigenvalue weighted by molar-refractivity contribution is -0.150. The molecule has 262 valence electrons. The zero-order valence-corrected chi connectivity index (χ0v) is 30.0. The van der Waals surface area contributed by atoms with Crippen LogP contribution in [0.5, 0.6) is 0 Å². The van der Waals surface area contributed by atoms with Gasteiger partial charge in [0.05, 0.1) is 0 Å². The second kappa shape index (κ2) is 36.4. The Morgan fingerprint density at radius 2 is 0.682 bits per heavy atom. The molecule has 0 saturated heterocycles. The molecule has 0 spiro atoms. The van der Waals surface area contributed by atoms with Gasteiger partial charge in [0, 0.05) is 12.8 Å². The molecule has 0 aromatic heterocycles. The van der Waals surface area contributed by atoms with Gasteiger partial charge in [-0.15, -0.1) is 0 Å². The molecule has 0 aliphatic carbocycles. The summed E-state index contributed by atoms with van der Waals surface area (Å²) in [7, 11) is 0. The second-order valence-corrected chi connectivity index (χ2v) is 13.8. The summed E-state index contributed by atoms with van der Waals surface area (Å²) in [4.78, 5) is 23.4. The number of unbranched alkanes of at least 4 members (excludes halogenated alkanes) is 28. The summed E-state index contributed by atoms with van der Waals surface area (Å²) in [6.45, 7) is 4.56. The molecular weight excluding hydrogens is 544 g/mol. The number of hydrogen-bond donors (Lipinski definition) is 1. The normalized spacial score (nSPS) is 12.0. The van der Waals surface area contributed by atoms with Crippen LogP contribution >= 0.6 is 0 Å². The molecule has 0 heterocycles. The van der Waals surface area contributed by atoms with Crippen LogP contribution < -0.4 is 0 Å². The molecule has 1 N–H and O–H groups in total. The number of rotatable bonds is 37. The number of carboxylic acid groups (broad SMARTS) is 1. The first-order chi connectivity index (χ1) is 21.6. The molecule has 0 aromatic rings. The minimum atomic E-state index is -0.696. The molecule has 4 nitrogen and oxygen atoms in total. The van der Waals surface area contributed by atoms with Crippen molar-refractivity contribution in [3.05, 3.63) is 0 Å². The number of carbonyl (C=O) groups excluding carboxylic acids is 1. The third-order valence-corrected chi connectivity index (χ3v) is 9.33. The second-order valence-electron chi connectivity index (χ2n) is 13.8. The Morgan fingerprint density at radius 1 is 0.409 bits per heavy atom. The average molecular weight is 623 g/mol. The maximum Gasteiger partial charge on any atom is 0.306 e. The summed E-state index contributed by atoms with van der Waals surface area (Å²) in [5.74, 6) is -0.688. The van der Waals surface area contributed by atoms with E-state index in [1.807, 2.05) is 0 Å². The lowest BCUT2D eigenvalue weighted by atomic mass is 10.0. The van der Waals surface area contributed by atoms with Gasteiger partial charge in [0.25, 0.3) is 0 Å². The highest BCUT2D eigenvalue weighted by Crippen LogP contribution is 2.19. The molecule has 0 bridgehead atoms. The molecule has 1 atom stereocenters. The monoisotopic (exact) mass is 623 g/mol.